The van der Waals surface area contributed by atoms with Crippen LogP contribution in [0.2, 0.25) is 0 Å². The summed E-state index contributed by atoms with van der Waals surface area (Å²) in [4.78, 5) is 0. The predicted molar refractivity (Wildman–Crippen MR) is 78.9 cm³/mol. The van der Waals surface area contributed by atoms with Crippen molar-refractivity contribution in [3.8, 4) is 11.5 Å². The van der Waals surface area contributed by atoms with E-state index in [1.165, 1.54) is 17.2 Å². The molecule has 0 spiro atoms. The zero-order chi connectivity index (χ0) is 14.1. The summed E-state index contributed by atoms with van der Waals surface area (Å²) >= 11 is 3.30. The van der Waals surface area contributed by atoms with Crippen molar-refractivity contribution in [1.29, 1.82) is 0 Å². The highest BCUT2D eigenvalue weighted by Gasteiger charge is 2.23. The number of hydrogen-bond donors (Lipinski definition) is 0. The van der Waals surface area contributed by atoms with Crippen LogP contribution in [0.15, 0.2) is 40.9 Å². The minimum atomic E-state index is -0.362. The molecule has 1 aliphatic heterocycles. The molecule has 0 aromatic heterocycles. The monoisotopic (exact) mass is 336 g/mol. The van der Waals surface area contributed by atoms with Crippen LogP contribution in [0.25, 0.3) is 0 Å². The fourth-order valence-electron chi connectivity index (χ4n) is 2.31. The molecule has 2 aromatic carbocycles. The average molecular weight is 337 g/mol. The van der Waals surface area contributed by atoms with Crippen molar-refractivity contribution in [3.05, 3.63) is 57.8 Å². The van der Waals surface area contributed by atoms with Gasteiger partial charge in [0.1, 0.15) is 18.5 Å². The molecule has 3 rings (SSSR count). The average Bonchev–Trinajstić information content (AvgIpc) is 2.81. The Kier molecular flexibility index (Phi) is 3.66. The van der Waals surface area contributed by atoms with Gasteiger partial charge in [0, 0.05) is 10.9 Å². The van der Waals surface area contributed by atoms with Crippen molar-refractivity contribution < 1.29 is 13.9 Å². The lowest BCUT2D eigenvalue weighted by atomic mass is 10.1. The Hall–Kier alpha value is -1.55. The molecule has 20 heavy (non-hydrogen) atoms. The summed E-state index contributed by atoms with van der Waals surface area (Å²) in [6, 6.07) is 10.8. The largest absolute Gasteiger partial charge is 0.487 e. The number of halogens is 2. The van der Waals surface area contributed by atoms with Crippen LogP contribution < -0.4 is 9.47 Å². The molecular formula is C16H14BrFO2. The third-order valence-corrected chi connectivity index (χ3v) is 3.77. The molecule has 1 atom stereocenters. The lowest BCUT2D eigenvalue weighted by molar-refractivity contribution is 0.145. The van der Waals surface area contributed by atoms with Gasteiger partial charge in [-0.15, -0.1) is 0 Å². The molecule has 0 amide bonds. The van der Waals surface area contributed by atoms with E-state index in [1.807, 2.05) is 12.1 Å². The standard InChI is InChI=1S/C16H14BrFO2/c1-10-2-5-15-11(6-10)7-13(20-15)9-19-16-8-12(17)3-4-14(16)18/h2-6,8,13H,7,9H2,1H3. The number of benzene rings is 2. The van der Waals surface area contributed by atoms with Crippen molar-refractivity contribution in [1.82, 2.24) is 0 Å². The highest BCUT2D eigenvalue weighted by molar-refractivity contribution is 9.10. The first-order valence-electron chi connectivity index (χ1n) is 6.46. The summed E-state index contributed by atoms with van der Waals surface area (Å²) in [5.41, 5.74) is 2.40. The summed E-state index contributed by atoms with van der Waals surface area (Å²) in [7, 11) is 0. The van der Waals surface area contributed by atoms with Crippen molar-refractivity contribution in [2.24, 2.45) is 0 Å². The van der Waals surface area contributed by atoms with Crippen molar-refractivity contribution in [2.45, 2.75) is 19.4 Å². The molecule has 2 nitrogen and oxygen atoms in total. The van der Waals surface area contributed by atoms with Gasteiger partial charge >= 0.3 is 0 Å². The van der Waals surface area contributed by atoms with E-state index in [-0.39, 0.29) is 17.7 Å². The Labute approximate surface area is 125 Å². The smallest absolute Gasteiger partial charge is 0.165 e. The Morgan fingerprint density at radius 3 is 3.00 bits per heavy atom. The van der Waals surface area contributed by atoms with Gasteiger partial charge in [0.05, 0.1) is 0 Å². The van der Waals surface area contributed by atoms with E-state index < -0.39 is 0 Å². The third kappa shape index (κ3) is 2.80. The van der Waals surface area contributed by atoms with E-state index in [1.54, 1.807) is 12.1 Å². The SMILES string of the molecule is Cc1ccc2c(c1)CC(COc1cc(Br)ccc1F)O2. The molecule has 1 unspecified atom stereocenters. The Morgan fingerprint density at radius 2 is 2.15 bits per heavy atom. The third-order valence-electron chi connectivity index (χ3n) is 3.28. The highest BCUT2D eigenvalue weighted by atomic mass is 79.9. The van der Waals surface area contributed by atoms with Gasteiger partial charge in [-0.2, -0.15) is 0 Å². The molecule has 0 fully saturated rings. The zero-order valence-corrected chi connectivity index (χ0v) is 12.6. The maximum Gasteiger partial charge on any atom is 0.165 e. The van der Waals surface area contributed by atoms with Crippen LogP contribution in [-0.4, -0.2) is 12.7 Å². The van der Waals surface area contributed by atoms with E-state index >= 15 is 0 Å². The quantitative estimate of drug-likeness (QED) is 0.832. The topological polar surface area (TPSA) is 18.5 Å². The molecule has 2 aromatic rings. The van der Waals surface area contributed by atoms with E-state index in [2.05, 4.69) is 28.9 Å². The molecule has 1 aliphatic rings. The van der Waals surface area contributed by atoms with Gasteiger partial charge in [-0.1, -0.05) is 33.6 Å². The zero-order valence-electron chi connectivity index (χ0n) is 11.0. The van der Waals surface area contributed by atoms with Crippen LogP contribution >= 0.6 is 15.9 Å². The molecule has 0 saturated carbocycles. The summed E-state index contributed by atoms with van der Waals surface area (Å²) < 4.78 is 25.7. The van der Waals surface area contributed by atoms with Gasteiger partial charge in [-0.05, 0) is 36.8 Å². The van der Waals surface area contributed by atoms with E-state index in [9.17, 15) is 4.39 Å². The number of hydrogen-bond acceptors (Lipinski definition) is 2. The van der Waals surface area contributed by atoms with Crippen molar-refractivity contribution >= 4 is 15.9 Å². The van der Waals surface area contributed by atoms with Crippen LogP contribution in [0.4, 0.5) is 4.39 Å². The lowest BCUT2D eigenvalue weighted by Gasteiger charge is -2.13. The molecule has 0 bridgehead atoms. The molecule has 0 aliphatic carbocycles. The number of ether oxygens (including phenoxy) is 2. The van der Waals surface area contributed by atoms with Crippen molar-refractivity contribution in [3.63, 3.8) is 0 Å². The predicted octanol–water partition coefficient (Wildman–Crippen LogP) is 4.28. The second-order valence-corrected chi connectivity index (χ2v) is 5.86. The Morgan fingerprint density at radius 1 is 1.30 bits per heavy atom. The minimum Gasteiger partial charge on any atom is -0.487 e. The van der Waals surface area contributed by atoms with Crippen molar-refractivity contribution in [2.75, 3.05) is 6.61 Å². The fourth-order valence-corrected chi connectivity index (χ4v) is 2.65. The van der Waals surface area contributed by atoms with E-state index in [0.717, 1.165) is 16.6 Å². The fraction of sp³-hybridized carbons (Fsp3) is 0.250. The van der Waals surface area contributed by atoms with Crippen LogP contribution in [0.5, 0.6) is 11.5 Å². The first-order chi connectivity index (χ1) is 9.61. The van der Waals surface area contributed by atoms with Gasteiger partial charge in [0.2, 0.25) is 0 Å². The summed E-state index contributed by atoms with van der Waals surface area (Å²) in [6.07, 6.45) is 0.734. The van der Waals surface area contributed by atoms with Gasteiger partial charge in [-0.25, -0.2) is 4.39 Å². The van der Waals surface area contributed by atoms with Gasteiger partial charge < -0.3 is 9.47 Å². The molecule has 1 heterocycles. The van der Waals surface area contributed by atoms with Gasteiger partial charge in [0.15, 0.2) is 11.6 Å². The second kappa shape index (κ2) is 5.44. The maximum absolute atomic E-state index is 13.6. The van der Waals surface area contributed by atoms with Crippen LogP contribution in [0, 0.1) is 12.7 Å². The number of aryl methyl sites for hydroxylation is 1. The van der Waals surface area contributed by atoms with E-state index in [0.29, 0.717) is 6.61 Å². The van der Waals surface area contributed by atoms with Gasteiger partial charge in [0.25, 0.3) is 0 Å². The number of fused-ring (bicyclic) bond motifs is 1. The molecule has 104 valence electrons. The van der Waals surface area contributed by atoms with E-state index in [4.69, 9.17) is 9.47 Å². The minimum absolute atomic E-state index is 0.0646. The summed E-state index contributed by atoms with van der Waals surface area (Å²) in [5.74, 6) is 0.786. The molecular weight excluding hydrogens is 323 g/mol. The van der Waals surface area contributed by atoms with Crippen LogP contribution in [0.1, 0.15) is 11.1 Å². The maximum atomic E-state index is 13.6. The Balaban J connectivity index is 1.65. The summed E-state index contributed by atoms with van der Waals surface area (Å²) in [5, 5.41) is 0. The molecule has 4 heteroatoms. The van der Waals surface area contributed by atoms with Crippen LogP contribution in [-0.2, 0) is 6.42 Å². The first kappa shape index (κ1) is 13.4. The molecule has 0 radical (unpaired) electrons. The highest BCUT2D eigenvalue weighted by Crippen LogP contribution is 2.30. The van der Waals surface area contributed by atoms with Crippen LogP contribution in [0.3, 0.4) is 0 Å². The Bertz CT molecular complexity index is 642. The normalized spacial score (nSPS) is 16.6. The van der Waals surface area contributed by atoms with Gasteiger partial charge in [-0.3, -0.25) is 0 Å². The molecule has 0 saturated heterocycles. The second-order valence-electron chi connectivity index (χ2n) is 4.94. The first-order valence-corrected chi connectivity index (χ1v) is 7.25. The number of rotatable bonds is 3. The summed E-state index contributed by atoms with van der Waals surface area (Å²) in [6.45, 7) is 2.39. The lowest BCUT2D eigenvalue weighted by Crippen LogP contribution is -2.22. The molecule has 0 N–H and O–H groups in total.